The van der Waals surface area contributed by atoms with Gasteiger partial charge in [-0.15, -0.1) is 0 Å². The Kier molecular flexibility index (Phi) is 3.82. The van der Waals surface area contributed by atoms with E-state index in [9.17, 15) is 0 Å². The molecule has 2 nitrogen and oxygen atoms in total. The highest BCUT2D eigenvalue weighted by atomic mass is 32.1. The summed E-state index contributed by atoms with van der Waals surface area (Å²) in [6.07, 6.45) is 0. The Balaban J connectivity index is 4.69. The molecule has 0 fully saturated rings. The lowest BCUT2D eigenvalue weighted by Crippen LogP contribution is -2.13. The summed E-state index contributed by atoms with van der Waals surface area (Å²) in [6.45, 7) is 10.8. The molecule has 60 valence electrons. The van der Waals surface area contributed by atoms with Crippen LogP contribution in [0.15, 0.2) is 28.7 Å². The van der Waals surface area contributed by atoms with Crippen LogP contribution >= 0.6 is 12.8 Å². The van der Waals surface area contributed by atoms with Gasteiger partial charge in [0.05, 0.1) is 11.4 Å². The molecule has 1 N–H and O–H groups in total. The van der Waals surface area contributed by atoms with Crippen LogP contribution in [-0.2, 0) is 0 Å². The van der Waals surface area contributed by atoms with E-state index in [0.717, 1.165) is 5.57 Å². The summed E-state index contributed by atoms with van der Waals surface area (Å²) >= 11 is 3.73. The van der Waals surface area contributed by atoms with Gasteiger partial charge in [-0.1, -0.05) is 13.2 Å². The summed E-state index contributed by atoms with van der Waals surface area (Å²) in [4.78, 5) is 0. The predicted molar refractivity (Wildman–Crippen MR) is 53.8 cm³/mol. The van der Waals surface area contributed by atoms with E-state index in [0.29, 0.717) is 17.0 Å². The molecule has 0 aromatic rings. The Morgan fingerprint density at radius 1 is 1.27 bits per heavy atom. The van der Waals surface area contributed by atoms with Gasteiger partial charge in [0.1, 0.15) is 0 Å². The number of allylic oxidation sites excluding steroid dienone is 2. The first-order chi connectivity index (χ1) is 5.00. The zero-order valence-electron chi connectivity index (χ0n) is 6.81. The molecule has 0 aromatic heterocycles. The Bertz CT molecular complexity index is 238. The molecule has 11 heavy (non-hydrogen) atoms. The number of rotatable bonds is 3. The van der Waals surface area contributed by atoms with Crippen molar-refractivity contribution in [3.63, 3.8) is 0 Å². The molecule has 0 aliphatic rings. The maximum atomic E-state index is 7.49. The van der Waals surface area contributed by atoms with Crippen molar-refractivity contribution in [1.82, 2.24) is 0 Å². The first-order valence-corrected chi connectivity index (χ1v) is 3.53. The number of nitrogens with one attached hydrogen (secondary N) is 1. The van der Waals surface area contributed by atoms with Crippen LogP contribution in [0.4, 0.5) is 0 Å². The molecule has 0 spiro atoms. The van der Waals surface area contributed by atoms with Crippen LogP contribution in [0, 0.1) is 5.41 Å². The highest BCUT2D eigenvalue weighted by molar-refractivity contribution is 7.79. The largest absolute Gasteiger partial charge is 0.298 e. The minimum absolute atomic E-state index is 0.299. The van der Waals surface area contributed by atoms with Crippen molar-refractivity contribution in [2.45, 2.75) is 13.8 Å². The minimum Gasteiger partial charge on any atom is -0.298 e. The van der Waals surface area contributed by atoms with Crippen molar-refractivity contribution in [3.8, 4) is 0 Å². The summed E-state index contributed by atoms with van der Waals surface area (Å²) in [5.41, 5.74) is 2.20. The van der Waals surface area contributed by atoms with E-state index >= 15 is 0 Å². The van der Waals surface area contributed by atoms with Crippen LogP contribution in [0.1, 0.15) is 13.8 Å². The van der Waals surface area contributed by atoms with Crippen LogP contribution < -0.4 is 0 Å². The third-order valence-electron chi connectivity index (χ3n) is 1.17. The van der Waals surface area contributed by atoms with E-state index in [1.807, 2.05) is 0 Å². The second kappa shape index (κ2) is 4.13. The molecular formula is C8H12N2S. The average Bonchev–Trinajstić information content (AvgIpc) is 1.88. The van der Waals surface area contributed by atoms with Crippen molar-refractivity contribution >= 4 is 24.2 Å². The van der Waals surface area contributed by atoms with E-state index in [4.69, 9.17) is 5.41 Å². The number of nitrogens with zero attached hydrogens (tertiary/aromatic N) is 1. The van der Waals surface area contributed by atoms with Crippen LogP contribution in [0.5, 0.6) is 0 Å². The third kappa shape index (κ3) is 2.72. The highest BCUT2D eigenvalue weighted by Gasteiger charge is 2.07. The summed E-state index contributed by atoms with van der Waals surface area (Å²) in [5.74, 6) is 0. The topological polar surface area (TPSA) is 36.2 Å². The van der Waals surface area contributed by atoms with Crippen LogP contribution in [-0.4, -0.2) is 11.4 Å². The first kappa shape index (κ1) is 10.2. The average molecular weight is 168 g/mol. The van der Waals surface area contributed by atoms with Crippen molar-refractivity contribution in [2.75, 3.05) is 0 Å². The van der Waals surface area contributed by atoms with Gasteiger partial charge in [-0.3, -0.25) is 5.41 Å². The maximum absolute atomic E-state index is 7.49. The normalized spacial score (nSPS) is 11.0. The fraction of sp³-hybridized carbons (Fsp3) is 0.250. The van der Waals surface area contributed by atoms with E-state index in [1.54, 1.807) is 13.8 Å². The molecule has 3 heteroatoms. The molecule has 0 rings (SSSR count). The van der Waals surface area contributed by atoms with Gasteiger partial charge in [0.2, 0.25) is 0 Å². The SMILES string of the molecule is C=C(C)C(=N)/C(=N\S)C(=C)C. The van der Waals surface area contributed by atoms with E-state index in [1.165, 1.54) is 0 Å². The van der Waals surface area contributed by atoms with Crippen molar-refractivity contribution in [1.29, 1.82) is 5.41 Å². The molecule has 0 heterocycles. The molecule has 0 aliphatic carbocycles. The molecule has 0 atom stereocenters. The number of thiol groups is 1. The van der Waals surface area contributed by atoms with Crippen LogP contribution in [0.25, 0.3) is 0 Å². The van der Waals surface area contributed by atoms with Gasteiger partial charge >= 0.3 is 0 Å². The second-order valence-electron chi connectivity index (χ2n) is 2.38. The molecule has 0 bridgehead atoms. The maximum Gasteiger partial charge on any atom is 0.0984 e. The Morgan fingerprint density at radius 3 is 1.82 bits per heavy atom. The van der Waals surface area contributed by atoms with Crippen molar-refractivity contribution < 1.29 is 0 Å². The van der Waals surface area contributed by atoms with Gasteiger partial charge in [-0.25, -0.2) is 4.40 Å². The third-order valence-corrected chi connectivity index (χ3v) is 1.37. The number of hydrogen-bond acceptors (Lipinski definition) is 3. The lowest BCUT2D eigenvalue weighted by Gasteiger charge is -2.04. The Hall–Kier alpha value is -0.830. The fourth-order valence-electron chi connectivity index (χ4n) is 0.551. The highest BCUT2D eigenvalue weighted by Crippen LogP contribution is 2.03. The minimum atomic E-state index is 0.299. The number of hydrogen-bond donors (Lipinski definition) is 2. The van der Waals surface area contributed by atoms with E-state index < -0.39 is 0 Å². The molecule has 0 aliphatic heterocycles. The molecule has 0 unspecified atom stereocenters. The van der Waals surface area contributed by atoms with Gasteiger partial charge in [0.15, 0.2) is 0 Å². The predicted octanol–water partition coefficient (Wildman–Crippen LogP) is 2.44. The molecule has 0 radical (unpaired) electrons. The Morgan fingerprint density at radius 2 is 1.73 bits per heavy atom. The molecule has 0 saturated heterocycles. The van der Waals surface area contributed by atoms with Gasteiger partial charge < -0.3 is 0 Å². The van der Waals surface area contributed by atoms with E-state index in [-0.39, 0.29) is 0 Å². The summed E-state index contributed by atoms with van der Waals surface area (Å²) < 4.78 is 3.63. The lowest BCUT2D eigenvalue weighted by molar-refractivity contribution is 1.47. The summed E-state index contributed by atoms with van der Waals surface area (Å²) in [7, 11) is 0. The monoisotopic (exact) mass is 168 g/mol. The smallest absolute Gasteiger partial charge is 0.0984 e. The van der Waals surface area contributed by atoms with Crippen molar-refractivity contribution in [3.05, 3.63) is 24.3 Å². The van der Waals surface area contributed by atoms with Gasteiger partial charge in [0, 0.05) is 0 Å². The summed E-state index contributed by atoms with van der Waals surface area (Å²) in [5, 5.41) is 7.49. The van der Waals surface area contributed by atoms with Gasteiger partial charge in [0.25, 0.3) is 0 Å². The molecular weight excluding hydrogens is 156 g/mol. The zero-order chi connectivity index (χ0) is 9.02. The lowest BCUT2D eigenvalue weighted by atomic mass is 10.1. The summed E-state index contributed by atoms with van der Waals surface area (Å²) in [6, 6.07) is 0. The van der Waals surface area contributed by atoms with Crippen LogP contribution in [0.2, 0.25) is 0 Å². The quantitative estimate of drug-likeness (QED) is 0.480. The van der Waals surface area contributed by atoms with Gasteiger partial charge in [-0.2, -0.15) is 0 Å². The van der Waals surface area contributed by atoms with Gasteiger partial charge in [-0.05, 0) is 37.8 Å². The fourth-order valence-corrected chi connectivity index (χ4v) is 0.822. The van der Waals surface area contributed by atoms with Crippen LogP contribution in [0.3, 0.4) is 0 Å². The van der Waals surface area contributed by atoms with E-state index in [2.05, 4.69) is 30.4 Å². The molecule has 0 amide bonds. The Labute approximate surface area is 72.8 Å². The standard InChI is InChI=1S/C8H12N2S/c1-5(2)7(9)8(10-11)6(3)4/h9,11H,1,3H2,2,4H3/b9-7?,10-8-. The molecule has 0 aromatic carbocycles. The first-order valence-electron chi connectivity index (χ1n) is 3.13. The zero-order valence-corrected chi connectivity index (χ0v) is 7.70. The van der Waals surface area contributed by atoms with Crippen molar-refractivity contribution in [2.24, 2.45) is 4.40 Å². The molecule has 0 saturated carbocycles. The second-order valence-corrected chi connectivity index (χ2v) is 2.58.